The predicted octanol–water partition coefficient (Wildman–Crippen LogP) is 3.89. The summed E-state index contributed by atoms with van der Waals surface area (Å²) in [6.07, 6.45) is 0. The van der Waals surface area contributed by atoms with Crippen LogP contribution in [-0.4, -0.2) is 36.0 Å². The number of thioether (sulfide) groups is 1. The molecule has 1 aromatic heterocycles. The number of halogens is 2. The lowest BCUT2D eigenvalue weighted by atomic mass is 9.83. The van der Waals surface area contributed by atoms with Gasteiger partial charge in [0.1, 0.15) is 17.6 Å². The SMILES string of the molecule is NS(=O)(=O)c1ccc(NC(=O)Cn2c3c(sc2=O)[C@H](c2cccc(Br)c2)C2C(=O)N(c4ccc(F)cc4)C(=O)C2S3)cc1. The number of anilines is 2. The summed E-state index contributed by atoms with van der Waals surface area (Å²) >= 11 is 5.43. The highest BCUT2D eigenvalue weighted by Crippen LogP contribution is 2.54. The van der Waals surface area contributed by atoms with Gasteiger partial charge in [0.2, 0.25) is 27.7 Å². The van der Waals surface area contributed by atoms with E-state index in [4.69, 9.17) is 5.14 Å². The van der Waals surface area contributed by atoms with E-state index < -0.39 is 55.5 Å². The molecule has 43 heavy (non-hydrogen) atoms. The molecule has 3 atom stereocenters. The molecule has 2 unspecified atom stereocenters. The third-order valence-electron chi connectivity index (χ3n) is 7.11. The monoisotopic (exact) mass is 702 g/mol. The summed E-state index contributed by atoms with van der Waals surface area (Å²) in [5, 5.41) is 7.26. The molecule has 0 spiro atoms. The quantitative estimate of drug-likeness (QED) is 0.290. The van der Waals surface area contributed by atoms with Crippen LogP contribution < -0.4 is 20.2 Å². The zero-order chi connectivity index (χ0) is 30.6. The Labute approximate surface area is 260 Å². The first-order valence-corrected chi connectivity index (χ1v) is 16.7. The molecular weight excluding hydrogens is 683 g/mol. The number of rotatable bonds is 6. The highest BCUT2D eigenvalue weighted by atomic mass is 79.9. The average molecular weight is 704 g/mol. The summed E-state index contributed by atoms with van der Waals surface area (Å²) in [6, 6.07) is 17.6. The number of nitrogens with two attached hydrogens (primary N) is 1. The molecule has 3 amide bonds. The van der Waals surface area contributed by atoms with Crippen LogP contribution in [0.5, 0.6) is 0 Å². The zero-order valence-corrected chi connectivity index (χ0v) is 25.8. The molecule has 1 fully saturated rings. The summed E-state index contributed by atoms with van der Waals surface area (Å²) < 4.78 is 38.7. The second kappa shape index (κ2) is 11.1. The Kier molecular flexibility index (Phi) is 7.62. The number of imide groups is 1. The fraction of sp³-hybridized carbons (Fsp3) is 0.143. The lowest BCUT2D eigenvalue weighted by Gasteiger charge is -2.30. The van der Waals surface area contributed by atoms with Crippen molar-refractivity contribution in [2.45, 2.75) is 27.6 Å². The molecule has 1 saturated heterocycles. The number of carbonyl (C=O) groups excluding carboxylic acids is 3. The molecular formula is C28H20BrFN4O6S3. The van der Waals surface area contributed by atoms with Crippen molar-refractivity contribution in [1.82, 2.24) is 4.57 Å². The normalized spacial score (nSPS) is 19.7. The van der Waals surface area contributed by atoms with Gasteiger partial charge in [-0.15, -0.1) is 0 Å². The summed E-state index contributed by atoms with van der Waals surface area (Å²) in [4.78, 5) is 55.0. The number of nitrogens with zero attached hydrogens (tertiary/aromatic N) is 2. The van der Waals surface area contributed by atoms with Gasteiger partial charge in [-0.3, -0.25) is 23.7 Å². The molecule has 3 aromatic carbocycles. The minimum Gasteiger partial charge on any atom is -0.325 e. The predicted molar refractivity (Wildman–Crippen MR) is 163 cm³/mol. The number of amides is 3. The van der Waals surface area contributed by atoms with E-state index in [-0.39, 0.29) is 17.1 Å². The standard InChI is InChI=1S/C28H20BrFN4O6S3/c29-15-3-1-2-14(12-15)21-22-23(26(37)34(25(22)36)18-8-4-16(30)5-9-18)41-27-24(21)42-28(38)33(27)13-20(35)32-17-6-10-19(11-7-17)43(31,39)40/h1-12,21-23H,13H2,(H,32,35)(H2,31,39,40)/t21-,22?,23?/m1/s1. The number of aromatic nitrogens is 1. The van der Waals surface area contributed by atoms with Crippen LogP contribution in [0.4, 0.5) is 15.8 Å². The van der Waals surface area contributed by atoms with Gasteiger partial charge in [0.25, 0.3) is 0 Å². The molecule has 15 heteroatoms. The zero-order valence-electron chi connectivity index (χ0n) is 21.8. The highest BCUT2D eigenvalue weighted by molar-refractivity contribution is 9.10. The maximum Gasteiger partial charge on any atom is 0.308 e. The number of fused-ring (bicyclic) bond motifs is 2. The van der Waals surface area contributed by atoms with Crippen molar-refractivity contribution in [2.24, 2.45) is 11.1 Å². The van der Waals surface area contributed by atoms with Crippen LogP contribution in [-0.2, 0) is 31.0 Å². The van der Waals surface area contributed by atoms with E-state index in [1.807, 2.05) is 18.2 Å². The highest BCUT2D eigenvalue weighted by Gasteiger charge is 2.56. The Morgan fingerprint density at radius 3 is 2.35 bits per heavy atom. The fourth-order valence-corrected chi connectivity index (χ4v) is 8.94. The van der Waals surface area contributed by atoms with Crippen LogP contribution in [0, 0.1) is 11.7 Å². The van der Waals surface area contributed by atoms with E-state index in [2.05, 4.69) is 21.2 Å². The molecule has 6 rings (SSSR count). The Morgan fingerprint density at radius 1 is 1.00 bits per heavy atom. The molecule has 220 valence electrons. The van der Waals surface area contributed by atoms with Gasteiger partial charge in [0, 0.05) is 21.0 Å². The summed E-state index contributed by atoms with van der Waals surface area (Å²) in [6.45, 7) is -0.388. The van der Waals surface area contributed by atoms with Crippen LogP contribution in [0.15, 0.2) is 92.0 Å². The van der Waals surface area contributed by atoms with Gasteiger partial charge in [0.05, 0.1) is 21.5 Å². The van der Waals surface area contributed by atoms with E-state index >= 15 is 0 Å². The third kappa shape index (κ3) is 5.47. The van der Waals surface area contributed by atoms with Gasteiger partial charge in [-0.1, -0.05) is 51.2 Å². The van der Waals surface area contributed by atoms with Crippen molar-refractivity contribution in [1.29, 1.82) is 0 Å². The van der Waals surface area contributed by atoms with E-state index in [9.17, 15) is 32.0 Å². The van der Waals surface area contributed by atoms with Crippen LogP contribution in [0.2, 0.25) is 0 Å². The van der Waals surface area contributed by atoms with Gasteiger partial charge >= 0.3 is 4.87 Å². The van der Waals surface area contributed by atoms with Crippen molar-refractivity contribution < 1.29 is 27.2 Å². The molecule has 4 aromatic rings. The number of benzene rings is 3. The van der Waals surface area contributed by atoms with Crippen LogP contribution in [0.1, 0.15) is 16.4 Å². The van der Waals surface area contributed by atoms with Crippen LogP contribution in [0.25, 0.3) is 0 Å². The number of sulfonamides is 1. The van der Waals surface area contributed by atoms with Gasteiger partial charge in [-0.2, -0.15) is 0 Å². The van der Waals surface area contributed by atoms with E-state index in [1.165, 1.54) is 53.1 Å². The first-order valence-electron chi connectivity index (χ1n) is 12.6. The van der Waals surface area contributed by atoms with E-state index in [0.29, 0.717) is 21.2 Å². The van der Waals surface area contributed by atoms with Crippen molar-refractivity contribution in [3.63, 3.8) is 0 Å². The second-order valence-corrected chi connectivity index (χ2v) is 14.4. The van der Waals surface area contributed by atoms with Gasteiger partial charge in [-0.25, -0.2) is 22.8 Å². The van der Waals surface area contributed by atoms with Gasteiger partial charge in [0.15, 0.2) is 0 Å². The molecule has 2 aliphatic heterocycles. The van der Waals surface area contributed by atoms with Gasteiger partial charge < -0.3 is 5.32 Å². The Hall–Kier alpha value is -3.63. The Balaban J connectivity index is 1.37. The first kappa shape index (κ1) is 29.4. The topological polar surface area (TPSA) is 149 Å². The van der Waals surface area contributed by atoms with E-state index in [1.54, 1.807) is 6.07 Å². The Morgan fingerprint density at radius 2 is 1.70 bits per heavy atom. The van der Waals surface area contributed by atoms with Crippen LogP contribution in [0.3, 0.4) is 0 Å². The number of thiazole rings is 1. The summed E-state index contributed by atoms with van der Waals surface area (Å²) in [7, 11) is -3.91. The number of nitrogens with one attached hydrogen (secondary N) is 1. The largest absolute Gasteiger partial charge is 0.325 e. The number of primary sulfonamides is 1. The number of hydrogen-bond acceptors (Lipinski definition) is 8. The number of hydrogen-bond donors (Lipinski definition) is 2. The Bertz CT molecular complexity index is 1960. The molecule has 0 bridgehead atoms. The smallest absolute Gasteiger partial charge is 0.308 e. The van der Waals surface area contributed by atoms with Crippen molar-refractivity contribution >= 4 is 78.1 Å². The fourth-order valence-electron chi connectivity index (χ4n) is 5.23. The van der Waals surface area contributed by atoms with Crippen LogP contribution >= 0.6 is 39.0 Å². The van der Waals surface area contributed by atoms with Gasteiger partial charge in [-0.05, 0) is 66.2 Å². The number of carbonyl (C=O) groups is 3. The third-order valence-corrected chi connectivity index (χ3v) is 11.1. The maximum absolute atomic E-state index is 13.9. The molecule has 0 saturated carbocycles. The maximum atomic E-state index is 13.9. The molecule has 3 N–H and O–H groups in total. The van der Waals surface area contributed by atoms with Crippen molar-refractivity contribution in [3.05, 3.63) is 103 Å². The minimum atomic E-state index is -3.91. The molecule has 3 heterocycles. The molecule has 0 aliphatic carbocycles. The van der Waals surface area contributed by atoms with E-state index in [0.717, 1.165) is 32.5 Å². The van der Waals surface area contributed by atoms with Crippen molar-refractivity contribution in [2.75, 3.05) is 10.2 Å². The summed E-state index contributed by atoms with van der Waals surface area (Å²) in [5.74, 6) is -3.53. The summed E-state index contributed by atoms with van der Waals surface area (Å²) in [5.41, 5.74) is 1.24. The molecule has 10 nitrogen and oxygen atoms in total. The first-order chi connectivity index (χ1) is 20.4. The molecule has 0 radical (unpaired) electrons. The lowest BCUT2D eigenvalue weighted by molar-refractivity contribution is -0.122. The minimum absolute atomic E-state index is 0.122. The average Bonchev–Trinajstić information content (AvgIpc) is 3.39. The lowest BCUT2D eigenvalue weighted by Crippen LogP contribution is -2.33. The second-order valence-electron chi connectivity index (χ2n) is 9.83. The van der Waals surface area contributed by atoms with Crippen molar-refractivity contribution in [3.8, 4) is 0 Å². The molecule has 2 aliphatic rings.